The van der Waals surface area contributed by atoms with Crippen LogP contribution < -0.4 is 0 Å². The molecule has 0 amide bonds. The van der Waals surface area contributed by atoms with Gasteiger partial charge in [-0.2, -0.15) is 5.10 Å². The van der Waals surface area contributed by atoms with Gasteiger partial charge in [0, 0.05) is 12.4 Å². The number of imidazole rings is 1. The zero-order valence-electron chi connectivity index (χ0n) is 4.52. The van der Waals surface area contributed by atoms with Crippen LogP contribution >= 0.6 is 0 Å². The monoisotopic (exact) mass is 119 g/mol. The van der Waals surface area contributed by atoms with Gasteiger partial charge in [0.2, 0.25) is 6.33 Å². The van der Waals surface area contributed by atoms with E-state index in [1.54, 1.807) is 23.0 Å². The van der Waals surface area contributed by atoms with Crippen molar-refractivity contribution in [2.24, 2.45) is 0 Å². The van der Waals surface area contributed by atoms with Crippen molar-refractivity contribution in [1.29, 1.82) is 0 Å². The number of aromatic nitrogens is 4. The molecule has 0 fully saturated rings. The van der Waals surface area contributed by atoms with Crippen LogP contribution in [0.3, 0.4) is 0 Å². The first kappa shape index (κ1) is 4.43. The van der Waals surface area contributed by atoms with Crippen LogP contribution in [-0.4, -0.2) is 19.6 Å². The van der Waals surface area contributed by atoms with Crippen LogP contribution in [-0.2, 0) is 0 Å². The van der Waals surface area contributed by atoms with Crippen LogP contribution in [0.4, 0.5) is 0 Å². The molecule has 0 saturated carbocycles. The highest BCUT2D eigenvalue weighted by Crippen LogP contribution is 1.91. The van der Waals surface area contributed by atoms with E-state index in [-0.39, 0.29) is 0 Å². The Morgan fingerprint density at radius 3 is 3.44 bits per heavy atom. The molecule has 0 spiro atoms. The number of fused-ring (bicyclic) bond motifs is 1. The highest BCUT2D eigenvalue weighted by molar-refractivity contribution is 5.31. The molecular weight excluding hydrogens is 116 g/mol. The fourth-order valence-corrected chi connectivity index (χ4v) is 0.650. The van der Waals surface area contributed by atoms with Crippen LogP contribution in [0.15, 0.2) is 18.6 Å². The summed E-state index contributed by atoms with van der Waals surface area (Å²) in [5.74, 6) is 0. The molecule has 4 heteroatoms. The highest BCUT2D eigenvalue weighted by atomic mass is 15.2. The second kappa shape index (κ2) is 1.51. The van der Waals surface area contributed by atoms with Gasteiger partial charge in [0.15, 0.2) is 5.65 Å². The quantitative estimate of drug-likeness (QED) is 0.487. The van der Waals surface area contributed by atoms with Crippen LogP contribution in [0.25, 0.3) is 5.65 Å². The molecule has 0 unspecified atom stereocenters. The third-order valence-corrected chi connectivity index (χ3v) is 1.05. The minimum Gasteiger partial charge on any atom is -0.278 e. The topological polar surface area (TPSA) is 43.1 Å². The van der Waals surface area contributed by atoms with Crippen molar-refractivity contribution in [2.75, 3.05) is 0 Å². The van der Waals surface area contributed by atoms with E-state index in [1.807, 2.05) is 0 Å². The summed E-state index contributed by atoms with van der Waals surface area (Å²) >= 11 is 0. The largest absolute Gasteiger partial charge is 0.278 e. The zero-order valence-corrected chi connectivity index (χ0v) is 4.52. The molecule has 0 saturated heterocycles. The minimum absolute atomic E-state index is 0.769. The average Bonchev–Trinajstić information content (AvgIpc) is 2.33. The van der Waals surface area contributed by atoms with Crippen LogP contribution in [0, 0.1) is 6.33 Å². The van der Waals surface area contributed by atoms with Crippen molar-refractivity contribution in [3.05, 3.63) is 24.9 Å². The Kier molecular flexibility index (Phi) is 0.745. The Balaban J connectivity index is 2.95. The summed E-state index contributed by atoms with van der Waals surface area (Å²) in [5.41, 5.74) is 0.769. The second-order valence-electron chi connectivity index (χ2n) is 1.60. The summed E-state index contributed by atoms with van der Waals surface area (Å²) in [7, 11) is 0. The molecule has 0 bridgehead atoms. The number of hydrogen-bond donors (Lipinski definition) is 0. The van der Waals surface area contributed by atoms with E-state index in [4.69, 9.17) is 0 Å². The molecule has 9 heavy (non-hydrogen) atoms. The summed E-state index contributed by atoms with van der Waals surface area (Å²) in [4.78, 5) is 3.95. The van der Waals surface area contributed by atoms with Gasteiger partial charge in [0.05, 0.1) is 6.20 Å². The van der Waals surface area contributed by atoms with E-state index < -0.39 is 0 Å². The van der Waals surface area contributed by atoms with Gasteiger partial charge in [0.1, 0.15) is 0 Å². The maximum Gasteiger partial charge on any atom is 0.206 e. The standard InChI is InChI=1S/C5H3N4/c1-2-9-4-8-7-3-5(9)6-1/h1-3H. The maximum absolute atomic E-state index is 3.95. The molecule has 2 aromatic heterocycles. The Morgan fingerprint density at radius 2 is 2.56 bits per heavy atom. The smallest absolute Gasteiger partial charge is 0.206 e. The van der Waals surface area contributed by atoms with Gasteiger partial charge in [-0.15, -0.1) is 5.10 Å². The first-order valence-corrected chi connectivity index (χ1v) is 2.49. The van der Waals surface area contributed by atoms with Crippen LogP contribution in [0.5, 0.6) is 0 Å². The van der Waals surface area contributed by atoms with Crippen molar-refractivity contribution >= 4 is 5.65 Å². The molecule has 0 aliphatic carbocycles. The van der Waals surface area contributed by atoms with Crippen LogP contribution in [0.1, 0.15) is 0 Å². The molecular formula is C5H3N4. The first-order valence-electron chi connectivity index (χ1n) is 2.49. The Hall–Kier alpha value is -1.45. The van der Waals surface area contributed by atoms with E-state index >= 15 is 0 Å². The molecule has 43 valence electrons. The predicted molar refractivity (Wildman–Crippen MR) is 29.6 cm³/mol. The zero-order chi connectivity index (χ0) is 6.10. The Labute approximate surface area is 51.2 Å². The lowest BCUT2D eigenvalue weighted by atomic mass is 10.8. The molecule has 1 radical (unpaired) electrons. The fraction of sp³-hybridized carbons (Fsp3) is 0. The third-order valence-electron chi connectivity index (χ3n) is 1.05. The van der Waals surface area contributed by atoms with Crippen molar-refractivity contribution in [3.8, 4) is 0 Å². The maximum atomic E-state index is 3.95. The van der Waals surface area contributed by atoms with Crippen molar-refractivity contribution in [3.63, 3.8) is 0 Å². The molecule has 2 rings (SSSR count). The van der Waals surface area contributed by atoms with E-state index in [0.717, 1.165) is 5.65 Å². The lowest BCUT2D eigenvalue weighted by Crippen LogP contribution is -1.87. The van der Waals surface area contributed by atoms with E-state index in [0.29, 0.717) is 0 Å². The lowest BCUT2D eigenvalue weighted by molar-refractivity contribution is 0.931. The van der Waals surface area contributed by atoms with Gasteiger partial charge in [-0.05, 0) is 0 Å². The molecule has 2 aromatic rings. The number of rotatable bonds is 0. The highest BCUT2D eigenvalue weighted by Gasteiger charge is 1.88. The molecule has 0 N–H and O–H groups in total. The summed E-state index contributed by atoms with van der Waals surface area (Å²) < 4.78 is 1.67. The van der Waals surface area contributed by atoms with Gasteiger partial charge in [-0.3, -0.25) is 4.40 Å². The summed E-state index contributed by atoms with van der Waals surface area (Å²) in [6.07, 6.45) is 7.65. The number of nitrogens with zero attached hydrogens (tertiary/aromatic N) is 4. The van der Waals surface area contributed by atoms with Gasteiger partial charge >= 0.3 is 0 Å². The van der Waals surface area contributed by atoms with E-state index in [2.05, 4.69) is 21.5 Å². The summed E-state index contributed by atoms with van der Waals surface area (Å²) in [5, 5.41) is 7.13. The minimum atomic E-state index is 0.769. The van der Waals surface area contributed by atoms with Gasteiger partial charge in [0.25, 0.3) is 0 Å². The third kappa shape index (κ3) is 0.561. The van der Waals surface area contributed by atoms with Gasteiger partial charge < -0.3 is 0 Å². The second-order valence-corrected chi connectivity index (χ2v) is 1.60. The average molecular weight is 119 g/mol. The van der Waals surface area contributed by atoms with Crippen molar-refractivity contribution < 1.29 is 0 Å². The lowest BCUT2D eigenvalue weighted by Gasteiger charge is -1.83. The molecule has 0 aromatic carbocycles. The van der Waals surface area contributed by atoms with E-state index in [9.17, 15) is 0 Å². The SMILES string of the molecule is [c]1nncc2nccn12. The van der Waals surface area contributed by atoms with Gasteiger partial charge in [-0.25, -0.2) is 4.98 Å². The molecule has 4 nitrogen and oxygen atoms in total. The van der Waals surface area contributed by atoms with E-state index in [1.165, 1.54) is 0 Å². The molecule has 2 heterocycles. The fourth-order valence-electron chi connectivity index (χ4n) is 0.650. The predicted octanol–water partition coefficient (Wildman–Crippen LogP) is -0.0755. The molecule has 0 aliphatic heterocycles. The van der Waals surface area contributed by atoms with Gasteiger partial charge in [-0.1, -0.05) is 0 Å². The normalized spacial score (nSPS) is 10.2. The van der Waals surface area contributed by atoms with Crippen molar-refractivity contribution in [2.45, 2.75) is 0 Å². The Morgan fingerprint density at radius 1 is 1.56 bits per heavy atom. The summed E-state index contributed by atoms with van der Waals surface area (Å²) in [6, 6.07) is 0. The van der Waals surface area contributed by atoms with Crippen LogP contribution in [0.2, 0.25) is 0 Å². The molecule has 0 atom stereocenters. The summed E-state index contributed by atoms with van der Waals surface area (Å²) in [6.45, 7) is 0. The number of hydrogen-bond acceptors (Lipinski definition) is 3. The molecule has 0 aliphatic rings. The van der Waals surface area contributed by atoms with Crippen molar-refractivity contribution in [1.82, 2.24) is 19.6 Å². The Bertz CT molecular complexity index is 283. The first-order chi connectivity index (χ1) is 4.47.